The van der Waals surface area contributed by atoms with Crippen molar-refractivity contribution in [1.82, 2.24) is 29.7 Å². The first-order valence-electron chi connectivity index (χ1n) is 10.2. The van der Waals surface area contributed by atoms with Crippen molar-refractivity contribution in [3.05, 3.63) is 30.4 Å². The average molecular weight is 396 g/mol. The van der Waals surface area contributed by atoms with Crippen LogP contribution >= 0.6 is 0 Å². The van der Waals surface area contributed by atoms with Gasteiger partial charge >= 0.3 is 0 Å². The largest absolute Gasteiger partial charge is 0.357 e. The molecule has 1 saturated heterocycles. The van der Waals surface area contributed by atoms with Crippen LogP contribution in [0, 0.1) is 11.7 Å². The average Bonchev–Trinajstić information content (AvgIpc) is 3.51. The molecule has 3 aromatic rings. The van der Waals surface area contributed by atoms with Gasteiger partial charge in [-0.1, -0.05) is 0 Å². The van der Waals surface area contributed by atoms with Crippen LogP contribution in [-0.2, 0) is 7.05 Å². The number of nitrogens with zero attached hydrogens (tertiary/aromatic N) is 8. The number of fused-ring (bicyclic) bond motifs is 1. The first-order valence-corrected chi connectivity index (χ1v) is 10.2. The number of halogens is 1. The van der Waals surface area contributed by atoms with Crippen LogP contribution in [0.1, 0.15) is 37.3 Å². The van der Waals surface area contributed by atoms with Gasteiger partial charge in [-0.15, -0.1) is 0 Å². The second-order valence-electron chi connectivity index (χ2n) is 8.18. The number of aryl methyl sites for hydroxylation is 1. The highest BCUT2D eigenvalue weighted by molar-refractivity contribution is 5.86. The zero-order chi connectivity index (χ0) is 20.0. The standard InChI is InChI=1S/C20H25FN8/c1-27(20-16(21)17(14-3-4-14)22-11-25-20)10-13-5-7-29(8-6-13)19-15-9-26-28(2)18(15)23-12-24-19/h9,11-14H,3-8,10H2,1-2H3. The molecule has 0 amide bonds. The summed E-state index contributed by atoms with van der Waals surface area (Å²) in [4.78, 5) is 21.5. The van der Waals surface area contributed by atoms with Crippen LogP contribution in [0.4, 0.5) is 16.0 Å². The van der Waals surface area contributed by atoms with Crippen LogP contribution < -0.4 is 9.80 Å². The van der Waals surface area contributed by atoms with Gasteiger partial charge in [-0.3, -0.25) is 4.68 Å². The Morgan fingerprint density at radius 1 is 1.07 bits per heavy atom. The SMILES string of the molecule is CN(CC1CCN(c2ncnc3c2cnn3C)CC1)c1ncnc(C2CC2)c1F. The molecule has 0 bridgehead atoms. The van der Waals surface area contributed by atoms with Crippen molar-refractivity contribution in [3.63, 3.8) is 0 Å². The number of piperidine rings is 1. The lowest BCUT2D eigenvalue weighted by Gasteiger charge is -2.35. The Morgan fingerprint density at radius 3 is 2.59 bits per heavy atom. The molecule has 1 aliphatic carbocycles. The van der Waals surface area contributed by atoms with Gasteiger partial charge in [0.05, 0.1) is 17.3 Å². The monoisotopic (exact) mass is 396 g/mol. The van der Waals surface area contributed by atoms with Crippen molar-refractivity contribution < 1.29 is 4.39 Å². The first-order chi connectivity index (χ1) is 14.1. The summed E-state index contributed by atoms with van der Waals surface area (Å²) in [5.74, 6) is 1.91. The molecule has 0 N–H and O–H groups in total. The van der Waals surface area contributed by atoms with Gasteiger partial charge < -0.3 is 9.80 Å². The first kappa shape index (κ1) is 18.2. The molecule has 3 aromatic heterocycles. The van der Waals surface area contributed by atoms with Crippen LogP contribution in [0.15, 0.2) is 18.9 Å². The summed E-state index contributed by atoms with van der Waals surface area (Å²) in [5, 5.41) is 5.29. The van der Waals surface area contributed by atoms with Crippen molar-refractivity contribution >= 4 is 22.7 Å². The lowest BCUT2D eigenvalue weighted by molar-refractivity contribution is 0.405. The highest BCUT2D eigenvalue weighted by Crippen LogP contribution is 2.41. The number of rotatable bonds is 5. The van der Waals surface area contributed by atoms with Crippen molar-refractivity contribution in [1.29, 1.82) is 0 Å². The Labute approximate surface area is 168 Å². The maximum Gasteiger partial charge on any atom is 0.187 e. The topological polar surface area (TPSA) is 75.9 Å². The minimum Gasteiger partial charge on any atom is -0.357 e. The number of hydrogen-bond donors (Lipinski definition) is 0. The number of hydrogen-bond acceptors (Lipinski definition) is 7. The van der Waals surface area contributed by atoms with Gasteiger partial charge in [-0.2, -0.15) is 5.10 Å². The fraction of sp³-hybridized carbons (Fsp3) is 0.550. The van der Waals surface area contributed by atoms with Gasteiger partial charge in [-0.05, 0) is 31.6 Å². The van der Waals surface area contributed by atoms with E-state index in [-0.39, 0.29) is 11.7 Å². The summed E-state index contributed by atoms with van der Waals surface area (Å²) >= 11 is 0. The molecule has 1 aliphatic heterocycles. The molecule has 2 fully saturated rings. The number of anilines is 2. The Bertz CT molecular complexity index is 1020. The van der Waals surface area contributed by atoms with E-state index in [0.717, 1.165) is 62.2 Å². The van der Waals surface area contributed by atoms with E-state index in [0.29, 0.717) is 17.4 Å². The summed E-state index contributed by atoms with van der Waals surface area (Å²) in [6.07, 6.45) is 9.05. The van der Waals surface area contributed by atoms with Crippen LogP contribution in [0.3, 0.4) is 0 Å². The third-order valence-corrected chi connectivity index (χ3v) is 6.08. The lowest BCUT2D eigenvalue weighted by atomic mass is 9.96. The van der Waals surface area contributed by atoms with E-state index in [1.165, 1.54) is 6.33 Å². The molecule has 2 aliphatic rings. The van der Waals surface area contributed by atoms with Crippen molar-refractivity contribution in [2.75, 3.05) is 36.5 Å². The third kappa shape index (κ3) is 3.38. The third-order valence-electron chi connectivity index (χ3n) is 6.08. The van der Waals surface area contributed by atoms with E-state index in [1.807, 2.05) is 25.2 Å². The van der Waals surface area contributed by atoms with E-state index in [2.05, 4.69) is 29.9 Å². The van der Waals surface area contributed by atoms with Crippen LogP contribution in [0.25, 0.3) is 11.0 Å². The Morgan fingerprint density at radius 2 is 1.83 bits per heavy atom. The van der Waals surface area contributed by atoms with Crippen LogP contribution in [0.2, 0.25) is 0 Å². The predicted molar refractivity (Wildman–Crippen MR) is 108 cm³/mol. The molecule has 8 nitrogen and oxygen atoms in total. The highest BCUT2D eigenvalue weighted by Gasteiger charge is 2.31. The molecule has 0 radical (unpaired) electrons. The lowest BCUT2D eigenvalue weighted by Crippen LogP contribution is -2.38. The smallest absolute Gasteiger partial charge is 0.187 e. The fourth-order valence-corrected chi connectivity index (χ4v) is 4.28. The summed E-state index contributed by atoms with van der Waals surface area (Å²) < 4.78 is 16.6. The second kappa shape index (κ2) is 7.20. The van der Waals surface area contributed by atoms with Crippen molar-refractivity contribution in [2.24, 2.45) is 13.0 Å². The van der Waals surface area contributed by atoms with E-state index in [9.17, 15) is 4.39 Å². The minimum absolute atomic E-state index is 0.241. The molecular weight excluding hydrogens is 371 g/mol. The molecule has 4 heterocycles. The summed E-state index contributed by atoms with van der Waals surface area (Å²) in [5.41, 5.74) is 1.43. The van der Waals surface area contributed by atoms with Crippen LogP contribution in [-0.4, -0.2) is 56.4 Å². The van der Waals surface area contributed by atoms with Gasteiger partial charge in [0.2, 0.25) is 0 Å². The molecule has 9 heteroatoms. The normalized spacial score (nSPS) is 17.8. The minimum atomic E-state index is -0.241. The molecule has 5 rings (SSSR count). The van der Waals surface area contributed by atoms with Gasteiger partial charge in [0.1, 0.15) is 18.5 Å². The van der Waals surface area contributed by atoms with Gasteiger partial charge in [0.25, 0.3) is 0 Å². The zero-order valence-electron chi connectivity index (χ0n) is 16.8. The van der Waals surface area contributed by atoms with Gasteiger partial charge in [0, 0.05) is 39.6 Å². The van der Waals surface area contributed by atoms with E-state index in [1.54, 1.807) is 11.0 Å². The maximum atomic E-state index is 14.8. The highest BCUT2D eigenvalue weighted by atomic mass is 19.1. The molecule has 29 heavy (non-hydrogen) atoms. The van der Waals surface area contributed by atoms with E-state index in [4.69, 9.17) is 0 Å². The van der Waals surface area contributed by atoms with Gasteiger partial charge in [0.15, 0.2) is 17.3 Å². The molecule has 0 unspecified atom stereocenters. The fourth-order valence-electron chi connectivity index (χ4n) is 4.28. The Balaban J connectivity index is 1.25. The molecule has 152 valence electrons. The van der Waals surface area contributed by atoms with E-state index >= 15 is 0 Å². The zero-order valence-corrected chi connectivity index (χ0v) is 16.8. The van der Waals surface area contributed by atoms with Crippen molar-refractivity contribution in [3.8, 4) is 0 Å². The maximum absolute atomic E-state index is 14.8. The molecule has 0 spiro atoms. The molecule has 0 aromatic carbocycles. The quantitative estimate of drug-likeness (QED) is 0.656. The Kier molecular flexibility index (Phi) is 4.52. The predicted octanol–water partition coefficient (Wildman–Crippen LogP) is 2.52. The molecule has 1 saturated carbocycles. The summed E-state index contributed by atoms with van der Waals surface area (Å²) in [6, 6.07) is 0. The van der Waals surface area contributed by atoms with Crippen LogP contribution in [0.5, 0.6) is 0 Å². The second-order valence-corrected chi connectivity index (χ2v) is 8.18. The summed E-state index contributed by atoms with van der Waals surface area (Å²) in [7, 11) is 3.82. The van der Waals surface area contributed by atoms with E-state index < -0.39 is 0 Å². The molecular formula is C20H25FN8. The number of aromatic nitrogens is 6. The molecule has 0 atom stereocenters. The van der Waals surface area contributed by atoms with Crippen molar-refractivity contribution in [2.45, 2.75) is 31.6 Å². The summed E-state index contributed by atoms with van der Waals surface area (Å²) in [6.45, 7) is 2.62. The Hall–Kier alpha value is -2.84. The van der Waals surface area contributed by atoms with Gasteiger partial charge in [-0.25, -0.2) is 24.3 Å².